The number of benzene rings is 8. The predicted molar refractivity (Wildman–Crippen MR) is 522 cm³/mol. The summed E-state index contributed by atoms with van der Waals surface area (Å²) in [6.07, 6.45) is 9.76. The summed E-state index contributed by atoms with van der Waals surface area (Å²) in [5, 5.41) is 0. The number of hydrogen-bond acceptors (Lipinski definition) is 19. The molecule has 0 saturated carbocycles. The van der Waals surface area contributed by atoms with Crippen LogP contribution in [-0.2, 0) is 131 Å². The number of fused-ring (bicyclic) bond motifs is 2. The molecule has 0 amide bonds. The molecule has 1 aliphatic heterocycles. The van der Waals surface area contributed by atoms with Crippen LogP contribution < -0.4 is 33.2 Å². The number of carbonyl (C=O) groups is 2. The van der Waals surface area contributed by atoms with Crippen LogP contribution >= 0.6 is 0 Å². The number of methoxy groups -OCH3 is 7. The number of nitrogens with zero attached hydrogens (tertiary/aromatic N) is 1. The minimum absolute atomic E-state index is 0. The normalized spacial score (nSPS) is 12.2. The van der Waals surface area contributed by atoms with E-state index in [0.29, 0.717) is 100.0 Å². The third-order valence-electron chi connectivity index (χ3n) is 22.9. The summed E-state index contributed by atoms with van der Waals surface area (Å²) in [4.78, 5) is 27.1. The summed E-state index contributed by atoms with van der Waals surface area (Å²) in [6, 6.07) is 43.2. The Morgan fingerprint density at radius 3 is 1.28 bits per heavy atom. The summed E-state index contributed by atoms with van der Waals surface area (Å²) in [5.74, 6) is 5.06. The van der Waals surface area contributed by atoms with E-state index in [4.69, 9.17) is 75.8 Å². The van der Waals surface area contributed by atoms with Crippen molar-refractivity contribution in [1.82, 2.24) is 4.90 Å². The van der Waals surface area contributed by atoms with E-state index < -0.39 is 5.97 Å². The van der Waals surface area contributed by atoms with E-state index in [-0.39, 0.29) is 112 Å². The molecule has 0 saturated heterocycles. The minimum atomic E-state index is -0.409. The highest BCUT2D eigenvalue weighted by Gasteiger charge is 2.28. The topological polar surface area (TPSA) is 185 Å². The SMILES string of the molecule is C.C.C.C.C.C.CCC(C)(C)c1ccc(C(=O)OCCOc2c(COC)cc(F)cc2COC)cc1.CCC(C)(C)c1ccc(C(=O)OCCOc2c(COC)cc3c(c2COC)CCN(C)C3)cc1.CCC(C)(C)c1ccccc1OCCOc1c(COC)cc(C)cc1COC.CCOc1c2c(cc(COC)c1OCCOc1ccc(C(C)CC)cc1)CCCC2. The maximum atomic E-state index is 13.8. The molecule has 0 aromatic heterocycles. The molecule has 0 fully saturated rings. The fourth-order valence-corrected chi connectivity index (χ4v) is 14.8. The summed E-state index contributed by atoms with van der Waals surface area (Å²) in [6.45, 7) is 36.1. The van der Waals surface area contributed by atoms with Gasteiger partial charge >= 0.3 is 11.9 Å². The van der Waals surface area contributed by atoms with E-state index in [2.05, 4.69) is 144 Å². The molecule has 0 spiro atoms. The average Bonchev–Trinajstić information content (AvgIpc) is 0.783. The molecule has 0 N–H and O–H groups in total. The Labute approximate surface area is 772 Å². The van der Waals surface area contributed by atoms with E-state index >= 15 is 0 Å². The van der Waals surface area contributed by atoms with Crippen LogP contribution in [0.5, 0.6) is 40.2 Å². The largest absolute Gasteiger partial charge is 0.490 e. The van der Waals surface area contributed by atoms with Gasteiger partial charge in [0.25, 0.3) is 0 Å². The van der Waals surface area contributed by atoms with Gasteiger partial charge in [-0.3, -0.25) is 0 Å². The molecule has 1 unspecified atom stereocenters. The van der Waals surface area contributed by atoms with Gasteiger partial charge in [-0.05, 0) is 207 Å². The lowest BCUT2D eigenvalue weighted by Gasteiger charge is -2.29. The van der Waals surface area contributed by atoms with Gasteiger partial charge < -0.3 is 80.7 Å². The highest BCUT2D eigenvalue weighted by Crippen LogP contribution is 2.43. The zero-order valence-corrected chi connectivity index (χ0v) is 77.0. The molecule has 0 radical (unpaired) electrons. The molecule has 8 aromatic rings. The highest BCUT2D eigenvalue weighted by atomic mass is 19.1. The second-order valence-electron chi connectivity index (χ2n) is 33.0. The maximum Gasteiger partial charge on any atom is 0.338 e. The molecule has 128 heavy (non-hydrogen) atoms. The molecular formula is C108H164FNO18. The van der Waals surface area contributed by atoms with E-state index in [1.165, 1.54) is 89.3 Å². The molecule has 10 rings (SSSR count). The van der Waals surface area contributed by atoms with Gasteiger partial charge in [-0.25, -0.2) is 14.0 Å². The van der Waals surface area contributed by atoms with E-state index in [9.17, 15) is 14.0 Å². The van der Waals surface area contributed by atoms with Crippen molar-refractivity contribution in [3.05, 3.63) is 239 Å². The lowest BCUT2D eigenvalue weighted by atomic mass is 9.82. The van der Waals surface area contributed by atoms with Crippen molar-refractivity contribution in [1.29, 1.82) is 0 Å². The number of carbonyl (C=O) groups excluding carboxylic acids is 2. The standard InChI is InChI=1S/C28H39NO5.C26H36O4.C24H31FO5.C24H34O4.6CH4/c1-7-28(2,3)23-10-8-20(9-11-23)27(30)34-15-14-33-26-22(18-31-5)16-21-17-29(4)13-12-24(21)25(26)19-32-6;1-5-19(3)20-11-13-23(14-12-20)29-15-16-30-25-22(18-27-4)17-21-9-7-8-10-24(21)26(25)28-6-2;1-6-24(2,3)20-9-7-17(8-10-20)23(26)30-12-11-29-22-18(15-27-4)13-21(25)14-19(22)16-28-5;1-7-24(3,4)21-10-8-9-11-22(21)27-12-13-28-23-19(16-25-5)14-18(2)15-20(23)17-26-6;;;;;;/h8-11,16H,7,12-15,17-19H2,1-6H3;11-14,17,19H,5-10,15-16,18H2,1-4H3;7-10,13-14H,6,11-12,15-16H2,1-5H3;8-11,14-15H,7,12-13,16-17H2,1-6H3;6*1H4. The quantitative estimate of drug-likeness (QED) is 0.0259. The number of ether oxygens (including phenoxy) is 16. The van der Waals surface area contributed by atoms with Gasteiger partial charge in [-0.15, -0.1) is 0 Å². The van der Waals surface area contributed by atoms with E-state index in [1.807, 2.05) is 67.6 Å². The van der Waals surface area contributed by atoms with Crippen LogP contribution in [0.4, 0.5) is 4.39 Å². The Kier molecular flexibility index (Phi) is 54.8. The van der Waals surface area contributed by atoms with Crippen LogP contribution in [0.3, 0.4) is 0 Å². The molecule has 8 aromatic carbocycles. The van der Waals surface area contributed by atoms with Crippen LogP contribution in [0.15, 0.2) is 133 Å². The fraction of sp³-hybridized carbons (Fsp3) is 0.537. The van der Waals surface area contributed by atoms with Gasteiger partial charge in [0, 0.05) is 107 Å². The first-order chi connectivity index (χ1) is 58.7. The van der Waals surface area contributed by atoms with Gasteiger partial charge in [0.1, 0.15) is 87.4 Å². The van der Waals surface area contributed by atoms with E-state index in [0.717, 1.165) is 120 Å². The van der Waals surface area contributed by atoms with Crippen molar-refractivity contribution in [3.63, 3.8) is 0 Å². The predicted octanol–water partition coefficient (Wildman–Crippen LogP) is 25.3. The van der Waals surface area contributed by atoms with Crippen LogP contribution in [0.1, 0.15) is 282 Å². The number of para-hydroxylation sites is 1. The molecule has 716 valence electrons. The fourth-order valence-electron chi connectivity index (χ4n) is 14.8. The Morgan fingerprint density at radius 1 is 0.414 bits per heavy atom. The van der Waals surface area contributed by atoms with Gasteiger partial charge in [-0.1, -0.05) is 193 Å². The lowest BCUT2D eigenvalue weighted by Crippen LogP contribution is -2.28. The first-order valence-corrected chi connectivity index (χ1v) is 43.3. The zero-order valence-electron chi connectivity index (χ0n) is 77.0. The minimum Gasteiger partial charge on any atom is -0.490 e. The van der Waals surface area contributed by atoms with Crippen LogP contribution in [-0.4, -0.2) is 140 Å². The Balaban J connectivity index is 0.000000842. The number of rotatable bonds is 44. The van der Waals surface area contributed by atoms with Crippen molar-refractivity contribution >= 4 is 11.9 Å². The third-order valence-corrected chi connectivity index (χ3v) is 22.9. The van der Waals surface area contributed by atoms with Gasteiger partial charge in [0.15, 0.2) is 11.5 Å². The van der Waals surface area contributed by atoms with Crippen molar-refractivity contribution in [2.75, 3.05) is 123 Å². The summed E-state index contributed by atoms with van der Waals surface area (Å²) in [7, 11) is 13.7. The van der Waals surface area contributed by atoms with E-state index in [1.54, 1.807) is 47.7 Å². The number of aryl methyl sites for hydroxylation is 2. The molecule has 1 aliphatic carbocycles. The number of likely N-dealkylation sites (N-methyl/N-ethyl adjacent to an activating group) is 1. The molecule has 19 nitrogen and oxygen atoms in total. The Hall–Kier alpha value is -9.09. The molecule has 0 bridgehead atoms. The number of hydrogen-bond donors (Lipinski definition) is 0. The average molecular weight is 1780 g/mol. The smallest absolute Gasteiger partial charge is 0.338 e. The van der Waals surface area contributed by atoms with Gasteiger partial charge in [-0.2, -0.15) is 0 Å². The summed E-state index contributed by atoms with van der Waals surface area (Å²) in [5.41, 5.74) is 19.0. The molecule has 2 aliphatic rings. The third kappa shape index (κ3) is 34.6. The van der Waals surface area contributed by atoms with Gasteiger partial charge in [0.05, 0.1) is 64.0 Å². The number of esters is 2. The monoisotopic (exact) mass is 1780 g/mol. The zero-order chi connectivity index (χ0) is 88.8. The first kappa shape index (κ1) is 117. The Bertz CT molecular complexity index is 4430. The van der Waals surface area contributed by atoms with Crippen LogP contribution in [0.25, 0.3) is 0 Å². The Morgan fingerprint density at radius 2 is 0.820 bits per heavy atom. The summed E-state index contributed by atoms with van der Waals surface area (Å²) >= 11 is 0. The van der Waals surface area contributed by atoms with Crippen LogP contribution in [0, 0.1) is 12.7 Å². The second kappa shape index (κ2) is 60.0. The highest BCUT2D eigenvalue weighted by molar-refractivity contribution is 5.90. The summed E-state index contributed by atoms with van der Waals surface area (Å²) < 4.78 is 104. The molecule has 1 atom stereocenters. The first-order valence-electron chi connectivity index (χ1n) is 43.3. The van der Waals surface area contributed by atoms with Crippen molar-refractivity contribution in [3.8, 4) is 40.2 Å². The van der Waals surface area contributed by atoms with Crippen molar-refractivity contribution in [2.45, 2.75) is 267 Å². The maximum absolute atomic E-state index is 13.8. The van der Waals surface area contributed by atoms with Gasteiger partial charge in [0.2, 0.25) is 0 Å². The van der Waals surface area contributed by atoms with Crippen molar-refractivity contribution in [2.24, 2.45) is 0 Å². The molecular weight excluding hydrogens is 1620 g/mol. The second-order valence-corrected chi connectivity index (χ2v) is 33.0. The molecule has 20 heteroatoms. The molecule has 1 heterocycles. The van der Waals surface area contributed by atoms with Crippen LogP contribution in [0.2, 0.25) is 0 Å². The number of halogens is 1. The lowest BCUT2D eigenvalue weighted by molar-refractivity contribution is 0.0439. The van der Waals surface area contributed by atoms with Crippen molar-refractivity contribution < 1.29 is 89.8 Å².